The summed E-state index contributed by atoms with van der Waals surface area (Å²) in [5.74, 6) is 0. The molecule has 3 rings (SSSR count). The molecule has 22 heavy (non-hydrogen) atoms. The minimum atomic E-state index is -3.46. The second-order valence-corrected chi connectivity index (χ2v) is 7.32. The molecule has 124 valence electrons. The number of morpholine rings is 1. The summed E-state index contributed by atoms with van der Waals surface area (Å²) in [7, 11) is -3.46. The largest absolute Gasteiger partial charge is 0.379 e. The van der Waals surface area contributed by atoms with Crippen molar-refractivity contribution in [3.63, 3.8) is 0 Å². The SMILES string of the molecule is Cl.O=S(=O)(c1ccc2c(c1)CNC(CF)C2)N1CCOCC1. The van der Waals surface area contributed by atoms with Gasteiger partial charge in [-0.25, -0.2) is 12.8 Å². The van der Waals surface area contributed by atoms with Crippen LogP contribution in [0.2, 0.25) is 0 Å². The van der Waals surface area contributed by atoms with Gasteiger partial charge in [-0.2, -0.15) is 4.31 Å². The molecule has 0 spiro atoms. The van der Waals surface area contributed by atoms with Gasteiger partial charge in [0.1, 0.15) is 6.67 Å². The summed E-state index contributed by atoms with van der Waals surface area (Å²) in [6.07, 6.45) is 0.601. The number of nitrogens with one attached hydrogen (secondary N) is 1. The number of benzene rings is 1. The fraction of sp³-hybridized carbons (Fsp3) is 0.571. The highest BCUT2D eigenvalue weighted by molar-refractivity contribution is 7.89. The predicted octanol–water partition coefficient (Wildman–Crippen LogP) is 1.11. The Morgan fingerprint density at radius 1 is 1.27 bits per heavy atom. The molecule has 1 N–H and O–H groups in total. The van der Waals surface area contributed by atoms with E-state index in [2.05, 4.69) is 5.32 Å². The first-order chi connectivity index (χ1) is 10.1. The van der Waals surface area contributed by atoms with Crippen LogP contribution in [-0.4, -0.2) is 51.7 Å². The van der Waals surface area contributed by atoms with E-state index < -0.39 is 16.7 Å². The number of fused-ring (bicyclic) bond motifs is 1. The van der Waals surface area contributed by atoms with Crippen LogP contribution in [0.1, 0.15) is 11.1 Å². The van der Waals surface area contributed by atoms with Crippen LogP contribution < -0.4 is 5.32 Å². The van der Waals surface area contributed by atoms with E-state index in [0.29, 0.717) is 44.2 Å². The van der Waals surface area contributed by atoms with Crippen LogP contribution in [0.5, 0.6) is 0 Å². The fourth-order valence-corrected chi connectivity index (χ4v) is 4.22. The first-order valence-electron chi connectivity index (χ1n) is 7.10. The van der Waals surface area contributed by atoms with Gasteiger partial charge in [-0.1, -0.05) is 6.07 Å². The quantitative estimate of drug-likeness (QED) is 0.887. The van der Waals surface area contributed by atoms with Crippen molar-refractivity contribution >= 4 is 22.4 Å². The molecule has 2 aliphatic rings. The fourth-order valence-electron chi connectivity index (χ4n) is 2.76. The number of ether oxygens (including phenoxy) is 1. The molecule has 1 fully saturated rings. The van der Waals surface area contributed by atoms with Gasteiger partial charge in [0.25, 0.3) is 0 Å². The molecule has 0 amide bonds. The van der Waals surface area contributed by atoms with Crippen molar-refractivity contribution in [2.24, 2.45) is 0 Å². The summed E-state index contributed by atoms with van der Waals surface area (Å²) in [6, 6.07) is 4.98. The molecule has 2 aliphatic heterocycles. The van der Waals surface area contributed by atoms with Crippen molar-refractivity contribution in [3.05, 3.63) is 29.3 Å². The Hall–Kier alpha value is -0.730. The van der Waals surface area contributed by atoms with Gasteiger partial charge in [0.15, 0.2) is 0 Å². The van der Waals surface area contributed by atoms with Crippen LogP contribution in [0.25, 0.3) is 0 Å². The number of sulfonamides is 1. The van der Waals surface area contributed by atoms with Gasteiger partial charge >= 0.3 is 0 Å². The van der Waals surface area contributed by atoms with E-state index in [0.717, 1.165) is 11.1 Å². The van der Waals surface area contributed by atoms with E-state index in [1.807, 2.05) is 6.07 Å². The molecule has 2 heterocycles. The number of hydrogen-bond donors (Lipinski definition) is 1. The third-order valence-electron chi connectivity index (χ3n) is 4.02. The molecule has 0 aromatic heterocycles. The lowest BCUT2D eigenvalue weighted by atomic mass is 9.96. The van der Waals surface area contributed by atoms with Gasteiger partial charge in [0.2, 0.25) is 10.0 Å². The van der Waals surface area contributed by atoms with Gasteiger partial charge in [0.05, 0.1) is 18.1 Å². The summed E-state index contributed by atoms with van der Waals surface area (Å²) >= 11 is 0. The predicted molar refractivity (Wildman–Crippen MR) is 83.6 cm³/mol. The summed E-state index contributed by atoms with van der Waals surface area (Å²) in [5.41, 5.74) is 1.96. The third kappa shape index (κ3) is 3.44. The highest BCUT2D eigenvalue weighted by atomic mass is 35.5. The Morgan fingerprint density at radius 2 is 2.00 bits per heavy atom. The minimum absolute atomic E-state index is 0. The maximum Gasteiger partial charge on any atom is 0.243 e. The molecule has 1 unspecified atom stereocenters. The first kappa shape index (κ1) is 17.6. The van der Waals surface area contributed by atoms with Crippen molar-refractivity contribution in [2.45, 2.75) is 23.9 Å². The zero-order valence-electron chi connectivity index (χ0n) is 12.1. The smallest absolute Gasteiger partial charge is 0.243 e. The lowest BCUT2D eigenvalue weighted by molar-refractivity contribution is 0.0730. The molecule has 0 bridgehead atoms. The zero-order chi connectivity index (χ0) is 14.9. The van der Waals surface area contributed by atoms with E-state index in [1.54, 1.807) is 12.1 Å². The highest BCUT2D eigenvalue weighted by Crippen LogP contribution is 2.23. The van der Waals surface area contributed by atoms with Gasteiger partial charge in [0, 0.05) is 25.7 Å². The molecular weight excluding hydrogens is 331 g/mol. The van der Waals surface area contributed by atoms with Crippen molar-refractivity contribution < 1.29 is 17.5 Å². The average Bonchev–Trinajstić information content (AvgIpc) is 2.54. The van der Waals surface area contributed by atoms with Crippen LogP contribution in [0, 0.1) is 0 Å². The number of hydrogen-bond acceptors (Lipinski definition) is 4. The molecule has 1 atom stereocenters. The summed E-state index contributed by atoms with van der Waals surface area (Å²) in [5, 5.41) is 3.08. The monoisotopic (exact) mass is 350 g/mol. The van der Waals surface area contributed by atoms with Crippen LogP contribution in [0.3, 0.4) is 0 Å². The van der Waals surface area contributed by atoms with Crippen molar-refractivity contribution in [1.29, 1.82) is 0 Å². The standard InChI is InChI=1S/C14H19FN2O3S.ClH/c15-9-13-7-11-1-2-14(8-12(11)10-16-13)21(18,19)17-3-5-20-6-4-17;/h1-2,8,13,16H,3-7,9-10H2;1H. The maximum absolute atomic E-state index is 12.7. The molecule has 1 aromatic carbocycles. The van der Waals surface area contributed by atoms with Crippen molar-refractivity contribution in [3.8, 4) is 0 Å². The van der Waals surface area contributed by atoms with Gasteiger partial charge < -0.3 is 10.1 Å². The van der Waals surface area contributed by atoms with E-state index in [-0.39, 0.29) is 18.4 Å². The number of rotatable bonds is 3. The Bertz CT molecular complexity index is 621. The van der Waals surface area contributed by atoms with Crippen molar-refractivity contribution in [1.82, 2.24) is 9.62 Å². The van der Waals surface area contributed by atoms with E-state index >= 15 is 0 Å². The lowest BCUT2D eigenvalue weighted by Gasteiger charge is -2.28. The summed E-state index contributed by atoms with van der Waals surface area (Å²) in [4.78, 5) is 0.309. The molecule has 0 radical (unpaired) electrons. The van der Waals surface area contributed by atoms with Crippen LogP contribution in [0.15, 0.2) is 23.1 Å². The van der Waals surface area contributed by atoms with Crippen LogP contribution >= 0.6 is 12.4 Å². The zero-order valence-corrected chi connectivity index (χ0v) is 13.8. The minimum Gasteiger partial charge on any atom is -0.379 e. The molecule has 1 saturated heterocycles. The topological polar surface area (TPSA) is 58.6 Å². The molecule has 5 nitrogen and oxygen atoms in total. The second-order valence-electron chi connectivity index (χ2n) is 5.38. The third-order valence-corrected chi connectivity index (χ3v) is 5.91. The highest BCUT2D eigenvalue weighted by Gasteiger charge is 2.27. The number of nitrogens with zero attached hydrogens (tertiary/aromatic N) is 1. The van der Waals surface area contributed by atoms with E-state index in [9.17, 15) is 12.8 Å². The Morgan fingerprint density at radius 3 is 2.68 bits per heavy atom. The lowest BCUT2D eigenvalue weighted by Crippen LogP contribution is -2.41. The van der Waals surface area contributed by atoms with Gasteiger partial charge in [-0.15, -0.1) is 12.4 Å². The summed E-state index contributed by atoms with van der Waals surface area (Å²) in [6.45, 7) is 1.75. The molecule has 1 aromatic rings. The normalized spacial score (nSPS) is 22.7. The Labute approximate surface area is 136 Å². The van der Waals surface area contributed by atoms with E-state index in [4.69, 9.17) is 4.74 Å². The molecule has 8 heteroatoms. The molecular formula is C14H20ClFN2O3S. The second kappa shape index (κ2) is 7.23. The number of halogens is 2. The Balaban J connectivity index is 0.00000176. The first-order valence-corrected chi connectivity index (χ1v) is 8.54. The van der Waals surface area contributed by atoms with E-state index in [1.165, 1.54) is 4.31 Å². The molecule has 0 saturated carbocycles. The maximum atomic E-state index is 12.7. The van der Waals surface area contributed by atoms with Crippen LogP contribution in [0.4, 0.5) is 4.39 Å². The average molecular weight is 351 g/mol. The van der Waals surface area contributed by atoms with Crippen molar-refractivity contribution in [2.75, 3.05) is 33.0 Å². The van der Waals surface area contributed by atoms with Gasteiger partial charge in [-0.05, 0) is 29.7 Å². The van der Waals surface area contributed by atoms with Crippen LogP contribution in [-0.2, 0) is 27.7 Å². The van der Waals surface area contributed by atoms with Gasteiger partial charge in [-0.3, -0.25) is 0 Å². The molecule has 0 aliphatic carbocycles. The summed E-state index contributed by atoms with van der Waals surface area (Å²) < 4.78 is 44.5. The Kier molecular flexibility index (Phi) is 5.79. The number of alkyl halides is 1.